The topological polar surface area (TPSA) is 44.8 Å². The van der Waals surface area contributed by atoms with Gasteiger partial charge in [0.25, 0.3) is 0 Å². The first kappa shape index (κ1) is 13.6. The second kappa shape index (κ2) is 5.95. The monoisotopic (exact) mass is 354 g/mol. The molecule has 6 heteroatoms. The molecule has 3 rings (SSSR count). The summed E-state index contributed by atoms with van der Waals surface area (Å²) in [6.45, 7) is 0.684. The molecule has 0 saturated heterocycles. The largest absolute Gasteiger partial charge is 0.454 e. The van der Waals surface area contributed by atoms with Crippen molar-refractivity contribution in [1.29, 1.82) is 0 Å². The normalized spacial score (nSPS) is 12.7. The number of ether oxygens (including phenoxy) is 3. The van der Waals surface area contributed by atoms with Crippen LogP contribution in [0.1, 0.15) is 15.2 Å². The van der Waals surface area contributed by atoms with Crippen molar-refractivity contribution in [2.75, 3.05) is 13.4 Å². The average molecular weight is 355 g/mol. The fourth-order valence-electron chi connectivity index (χ4n) is 1.85. The predicted molar refractivity (Wildman–Crippen MR) is 78.6 cm³/mol. The van der Waals surface area contributed by atoms with E-state index in [1.807, 2.05) is 29.6 Å². The molecule has 20 heavy (non-hydrogen) atoms. The van der Waals surface area contributed by atoms with Crippen LogP contribution in [0.4, 0.5) is 0 Å². The standard InChI is InChI=1S/C14H11BrO4S/c15-10-3-4-20-14(10)11(16)7-17-6-9-1-2-12-13(5-9)19-8-18-12/h1-5H,6-8H2. The van der Waals surface area contributed by atoms with Crippen LogP contribution in [-0.2, 0) is 11.3 Å². The van der Waals surface area contributed by atoms with E-state index in [4.69, 9.17) is 14.2 Å². The Labute approximate surface area is 128 Å². The van der Waals surface area contributed by atoms with E-state index in [0.717, 1.165) is 21.5 Å². The minimum absolute atomic E-state index is 0.0207. The van der Waals surface area contributed by atoms with Crippen molar-refractivity contribution in [3.8, 4) is 11.5 Å². The number of rotatable bonds is 5. The Kier molecular flexibility index (Phi) is 4.05. The number of Topliss-reactive ketones (excluding diaryl/α,β-unsaturated/α-hetero) is 1. The third kappa shape index (κ3) is 2.87. The Bertz CT molecular complexity index is 638. The minimum atomic E-state index is -0.0207. The number of benzene rings is 1. The van der Waals surface area contributed by atoms with Gasteiger partial charge in [0, 0.05) is 4.47 Å². The summed E-state index contributed by atoms with van der Waals surface area (Å²) in [5.74, 6) is 1.44. The van der Waals surface area contributed by atoms with Crippen LogP contribution in [0.2, 0.25) is 0 Å². The Balaban J connectivity index is 1.55. The van der Waals surface area contributed by atoms with E-state index < -0.39 is 0 Å². The first-order chi connectivity index (χ1) is 9.74. The molecule has 0 N–H and O–H groups in total. The molecule has 0 amide bonds. The molecule has 1 aliphatic heterocycles. The molecule has 0 unspecified atom stereocenters. The first-order valence-corrected chi connectivity index (χ1v) is 7.64. The predicted octanol–water partition coefficient (Wildman–Crippen LogP) is 3.64. The molecule has 0 bridgehead atoms. The van der Waals surface area contributed by atoms with Gasteiger partial charge in [-0.05, 0) is 45.1 Å². The van der Waals surface area contributed by atoms with Crippen LogP contribution in [0.3, 0.4) is 0 Å². The maximum absolute atomic E-state index is 11.9. The van der Waals surface area contributed by atoms with Gasteiger partial charge >= 0.3 is 0 Å². The molecule has 1 aliphatic rings. The van der Waals surface area contributed by atoms with Gasteiger partial charge in [-0.2, -0.15) is 0 Å². The second-order valence-corrected chi connectivity index (χ2v) is 5.97. The zero-order valence-corrected chi connectivity index (χ0v) is 12.8. The second-order valence-electron chi connectivity index (χ2n) is 4.20. The van der Waals surface area contributed by atoms with Gasteiger partial charge < -0.3 is 14.2 Å². The SMILES string of the molecule is O=C(COCc1ccc2c(c1)OCO2)c1sccc1Br. The highest BCUT2D eigenvalue weighted by Crippen LogP contribution is 2.32. The summed E-state index contributed by atoms with van der Waals surface area (Å²) in [5.41, 5.74) is 0.951. The number of fused-ring (bicyclic) bond motifs is 1. The molecule has 0 saturated carbocycles. The van der Waals surface area contributed by atoms with E-state index in [-0.39, 0.29) is 19.2 Å². The Morgan fingerprint density at radius 1 is 1.30 bits per heavy atom. The molecule has 0 aliphatic carbocycles. The van der Waals surface area contributed by atoms with E-state index in [1.165, 1.54) is 11.3 Å². The first-order valence-electron chi connectivity index (χ1n) is 5.96. The molecule has 0 atom stereocenters. The van der Waals surface area contributed by atoms with Crippen molar-refractivity contribution < 1.29 is 19.0 Å². The van der Waals surface area contributed by atoms with Gasteiger partial charge in [0.15, 0.2) is 17.3 Å². The lowest BCUT2D eigenvalue weighted by molar-refractivity contribution is 0.0729. The lowest BCUT2D eigenvalue weighted by Crippen LogP contribution is -2.08. The average Bonchev–Trinajstić information content (AvgIpc) is 3.06. The summed E-state index contributed by atoms with van der Waals surface area (Å²) >= 11 is 4.75. The Morgan fingerprint density at radius 2 is 2.15 bits per heavy atom. The van der Waals surface area contributed by atoms with Crippen LogP contribution in [-0.4, -0.2) is 19.2 Å². The highest BCUT2D eigenvalue weighted by atomic mass is 79.9. The molecular formula is C14H11BrO4S. The summed E-state index contributed by atoms with van der Waals surface area (Å²) in [6, 6.07) is 7.47. The molecule has 2 heterocycles. The van der Waals surface area contributed by atoms with Gasteiger partial charge in [-0.15, -0.1) is 11.3 Å². The third-order valence-corrected chi connectivity index (χ3v) is 4.69. The van der Waals surface area contributed by atoms with Crippen molar-refractivity contribution in [2.45, 2.75) is 6.61 Å². The van der Waals surface area contributed by atoms with Crippen LogP contribution < -0.4 is 9.47 Å². The third-order valence-electron chi connectivity index (χ3n) is 2.81. The van der Waals surface area contributed by atoms with E-state index in [9.17, 15) is 4.79 Å². The Hall–Kier alpha value is -1.37. The maximum atomic E-state index is 11.9. The summed E-state index contributed by atoms with van der Waals surface area (Å²) < 4.78 is 16.8. The summed E-state index contributed by atoms with van der Waals surface area (Å²) in [5, 5.41) is 1.87. The maximum Gasteiger partial charge on any atom is 0.231 e. The van der Waals surface area contributed by atoms with Crippen molar-refractivity contribution in [3.05, 3.63) is 44.6 Å². The van der Waals surface area contributed by atoms with Gasteiger partial charge in [0.1, 0.15) is 6.61 Å². The van der Waals surface area contributed by atoms with Crippen LogP contribution in [0.5, 0.6) is 11.5 Å². The van der Waals surface area contributed by atoms with E-state index in [2.05, 4.69) is 15.9 Å². The number of hydrogen-bond acceptors (Lipinski definition) is 5. The van der Waals surface area contributed by atoms with E-state index in [0.29, 0.717) is 11.5 Å². The van der Waals surface area contributed by atoms with Crippen molar-refractivity contribution in [2.24, 2.45) is 0 Å². The van der Waals surface area contributed by atoms with Gasteiger partial charge in [-0.25, -0.2) is 0 Å². The molecule has 0 radical (unpaired) electrons. The smallest absolute Gasteiger partial charge is 0.231 e. The van der Waals surface area contributed by atoms with Crippen LogP contribution in [0, 0.1) is 0 Å². The zero-order chi connectivity index (χ0) is 13.9. The fraction of sp³-hybridized carbons (Fsp3) is 0.214. The van der Waals surface area contributed by atoms with Gasteiger partial charge in [-0.1, -0.05) is 6.07 Å². The number of thiophene rings is 1. The van der Waals surface area contributed by atoms with Crippen LogP contribution in [0.25, 0.3) is 0 Å². The summed E-state index contributed by atoms with van der Waals surface area (Å²) in [7, 11) is 0. The Morgan fingerprint density at radius 3 is 2.95 bits per heavy atom. The van der Waals surface area contributed by atoms with Crippen molar-refractivity contribution in [1.82, 2.24) is 0 Å². The quantitative estimate of drug-likeness (QED) is 0.769. The van der Waals surface area contributed by atoms with Crippen LogP contribution in [0.15, 0.2) is 34.1 Å². The lowest BCUT2D eigenvalue weighted by atomic mass is 10.2. The molecule has 2 aromatic rings. The number of carbonyl (C=O) groups is 1. The van der Waals surface area contributed by atoms with Crippen molar-refractivity contribution >= 4 is 33.0 Å². The van der Waals surface area contributed by atoms with E-state index in [1.54, 1.807) is 0 Å². The summed E-state index contributed by atoms with van der Waals surface area (Å²) in [4.78, 5) is 12.6. The summed E-state index contributed by atoms with van der Waals surface area (Å²) in [6.07, 6.45) is 0. The molecule has 0 fully saturated rings. The number of halogens is 1. The molecule has 1 aromatic heterocycles. The zero-order valence-electron chi connectivity index (χ0n) is 10.4. The van der Waals surface area contributed by atoms with Crippen LogP contribution >= 0.6 is 27.3 Å². The highest BCUT2D eigenvalue weighted by Gasteiger charge is 2.14. The molecule has 0 spiro atoms. The van der Waals surface area contributed by atoms with Gasteiger partial charge in [0.2, 0.25) is 6.79 Å². The van der Waals surface area contributed by atoms with Gasteiger partial charge in [0.05, 0.1) is 11.5 Å². The van der Waals surface area contributed by atoms with Gasteiger partial charge in [-0.3, -0.25) is 4.79 Å². The van der Waals surface area contributed by atoms with E-state index >= 15 is 0 Å². The molecule has 104 valence electrons. The highest BCUT2D eigenvalue weighted by molar-refractivity contribution is 9.10. The fourth-order valence-corrected chi connectivity index (χ4v) is 3.37. The number of carbonyl (C=O) groups excluding carboxylic acids is 1. The number of hydrogen-bond donors (Lipinski definition) is 0. The lowest BCUT2D eigenvalue weighted by Gasteiger charge is -2.04. The molecular weight excluding hydrogens is 344 g/mol. The van der Waals surface area contributed by atoms with Crippen molar-refractivity contribution in [3.63, 3.8) is 0 Å². The molecule has 4 nitrogen and oxygen atoms in total. The minimum Gasteiger partial charge on any atom is -0.454 e. The number of ketones is 1. The molecule has 1 aromatic carbocycles.